The smallest absolute Gasteiger partial charge is 0.123 e. The second-order valence-electron chi connectivity index (χ2n) is 5.89. The van der Waals surface area contributed by atoms with Crippen molar-refractivity contribution >= 4 is 11.3 Å². The average molecular weight is 365 g/mol. The van der Waals surface area contributed by atoms with Crippen molar-refractivity contribution in [3.63, 3.8) is 0 Å². The fraction of sp³-hybridized carbons (Fsp3) is 0.211. The summed E-state index contributed by atoms with van der Waals surface area (Å²) in [7, 11) is 1.70. The molecule has 0 aliphatic carbocycles. The van der Waals surface area contributed by atoms with E-state index in [1.165, 1.54) is 0 Å². The third-order valence-electron chi connectivity index (χ3n) is 4.14. The Balaban J connectivity index is 1.54. The monoisotopic (exact) mass is 365 g/mol. The minimum atomic E-state index is 0.664. The number of methoxy groups -OCH3 is 1. The molecule has 26 heavy (non-hydrogen) atoms. The molecule has 0 aliphatic heterocycles. The highest BCUT2D eigenvalue weighted by molar-refractivity contribution is 7.13. The van der Waals surface area contributed by atoms with Gasteiger partial charge in [0, 0.05) is 42.6 Å². The third kappa shape index (κ3) is 3.58. The summed E-state index contributed by atoms with van der Waals surface area (Å²) in [5, 5.41) is 7.74. The average Bonchev–Trinajstić information content (AvgIpc) is 3.43. The molecule has 0 saturated carbocycles. The van der Waals surface area contributed by atoms with Gasteiger partial charge in [-0.1, -0.05) is 18.2 Å². The van der Waals surface area contributed by atoms with Gasteiger partial charge in [0.1, 0.15) is 5.01 Å². The summed E-state index contributed by atoms with van der Waals surface area (Å²) in [4.78, 5) is 8.62. The second-order valence-corrected chi connectivity index (χ2v) is 6.78. The van der Waals surface area contributed by atoms with Crippen LogP contribution in [0, 0.1) is 0 Å². The highest BCUT2D eigenvalue weighted by Gasteiger charge is 2.08. The van der Waals surface area contributed by atoms with Gasteiger partial charge in [0.2, 0.25) is 0 Å². The Labute approximate surface area is 155 Å². The summed E-state index contributed by atoms with van der Waals surface area (Å²) in [6.45, 7) is 2.13. The molecule has 0 fully saturated rings. The van der Waals surface area contributed by atoms with Crippen molar-refractivity contribution in [3.05, 3.63) is 66.3 Å². The zero-order chi connectivity index (χ0) is 17.8. The lowest BCUT2D eigenvalue weighted by atomic mass is 10.1. The fourth-order valence-electron chi connectivity index (χ4n) is 2.82. The molecular formula is C19H19N5OS. The van der Waals surface area contributed by atoms with Gasteiger partial charge < -0.3 is 9.30 Å². The molecule has 4 aromatic rings. The summed E-state index contributed by atoms with van der Waals surface area (Å²) >= 11 is 1.64. The number of aromatic nitrogens is 5. The predicted octanol–water partition coefficient (Wildman–Crippen LogP) is 3.56. The van der Waals surface area contributed by atoms with E-state index in [0.717, 1.165) is 34.1 Å². The number of thiazole rings is 1. The van der Waals surface area contributed by atoms with E-state index in [2.05, 4.69) is 32.7 Å². The second kappa shape index (κ2) is 7.63. The van der Waals surface area contributed by atoms with E-state index in [4.69, 9.17) is 9.84 Å². The van der Waals surface area contributed by atoms with Gasteiger partial charge in [0.05, 0.1) is 37.1 Å². The Hall–Kier alpha value is -2.77. The first-order chi connectivity index (χ1) is 12.8. The normalized spacial score (nSPS) is 11.1. The largest absolute Gasteiger partial charge is 0.383 e. The molecule has 0 N–H and O–H groups in total. The van der Waals surface area contributed by atoms with Gasteiger partial charge in [0.25, 0.3) is 0 Å². The van der Waals surface area contributed by atoms with Gasteiger partial charge in [-0.15, -0.1) is 11.3 Å². The summed E-state index contributed by atoms with van der Waals surface area (Å²) < 4.78 is 9.18. The molecule has 4 rings (SSSR count). The van der Waals surface area contributed by atoms with Crippen LogP contribution in [0.1, 0.15) is 5.69 Å². The van der Waals surface area contributed by atoms with Crippen molar-refractivity contribution < 1.29 is 4.74 Å². The van der Waals surface area contributed by atoms with Gasteiger partial charge >= 0.3 is 0 Å². The number of benzene rings is 1. The van der Waals surface area contributed by atoms with E-state index in [-0.39, 0.29) is 0 Å². The van der Waals surface area contributed by atoms with Gasteiger partial charge in [-0.05, 0) is 12.1 Å². The SMILES string of the molecule is COCCn1cncc1Cn1ccc(-c2cccc(-c3nccs3)c2)n1. The maximum Gasteiger partial charge on any atom is 0.123 e. The molecule has 3 heterocycles. The lowest BCUT2D eigenvalue weighted by molar-refractivity contribution is 0.186. The molecule has 0 unspecified atom stereocenters. The molecule has 0 radical (unpaired) electrons. The van der Waals surface area contributed by atoms with Crippen LogP contribution >= 0.6 is 11.3 Å². The van der Waals surface area contributed by atoms with E-state index >= 15 is 0 Å². The maximum absolute atomic E-state index is 5.15. The van der Waals surface area contributed by atoms with Crippen molar-refractivity contribution in [1.82, 2.24) is 24.3 Å². The topological polar surface area (TPSA) is 57.8 Å². The number of imidazole rings is 1. The van der Waals surface area contributed by atoms with Crippen LogP contribution in [0.2, 0.25) is 0 Å². The van der Waals surface area contributed by atoms with Crippen molar-refractivity contribution in [2.45, 2.75) is 13.1 Å². The minimum absolute atomic E-state index is 0.664. The lowest BCUT2D eigenvalue weighted by Crippen LogP contribution is -2.10. The van der Waals surface area contributed by atoms with Crippen LogP contribution in [0.4, 0.5) is 0 Å². The van der Waals surface area contributed by atoms with Crippen molar-refractivity contribution in [2.75, 3.05) is 13.7 Å². The predicted molar refractivity (Wildman–Crippen MR) is 102 cm³/mol. The molecule has 0 aliphatic rings. The van der Waals surface area contributed by atoms with Gasteiger partial charge in [0.15, 0.2) is 0 Å². The van der Waals surface area contributed by atoms with Crippen LogP contribution in [0.25, 0.3) is 21.8 Å². The van der Waals surface area contributed by atoms with Crippen LogP contribution < -0.4 is 0 Å². The Morgan fingerprint density at radius 1 is 1.19 bits per heavy atom. The Morgan fingerprint density at radius 2 is 2.12 bits per heavy atom. The highest BCUT2D eigenvalue weighted by atomic mass is 32.1. The van der Waals surface area contributed by atoms with E-state index in [9.17, 15) is 0 Å². The van der Waals surface area contributed by atoms with Crippen LogP contribution in [-0.2, 0) is 17.8 Å². The number of ether oxygens (including phenoxy) is 1. The Kier molecular flexibility index (Phi) is 4.90. The van der Waals surface area contributed by atoms with Gasteiger partial charge in [-0.25, -0.2) is 9.97 Å². The maximum atomic E-state index is 5.15. The minimum Gasteiger partial charge on any atom is -0.383 e. The molecule has 6 nitrogen and oxygen atoms in total. The van der Waals surface area contributed by atoms with Crippen LogP contribution in [0.15, 0.2) is 60.6 Å². The number of nitrogens with zero attached hydrogens (tertiary/aromatic N) is 5. The first-order valence-electron chi connectivity index (χ1n) is 8.35. The molecule has 0 spiro atoms. The Morgan fingerprint density at radius 3 is 2.96 bits per heavy atom. The van der Waals surface area contributed by atoms with Crippen molar-refractivity contribution in [1.29, 1.82) is 0 Å². The zero-order valence-corrected chi connectivity index (χ0v) is 15.3. The summed E-state index contributed by atoms with van der Waals surface area (Å²) in [6, 6.07) is 10.4. The quantitative estimate of drug-likeness (QED) is 0.502. The molecule has 132 valence electrons. The highest BCUT2D eigenvalue weighted by Crippen LogP contribution is 2.26. The van der Waals surface area contributed by atoms with Crippen LogP contribution in [0.5, 0.6) is 0 Å². The third-order valence-corrected chi connectivity index (χ3v) is 4.96. The zero-order valence-electron chi connectivity index (χ0n) is 14.4. The molecule has 0 bridgehead atoms. The number of hydrogen-bond acceptors (Lipinski definition) is 5. The molecule has 0 saturated heterocycles. The van der Waals surface area contributed by atoms with E-state index in [0.29, 0.717) is 13.2 Å². The fourth-order valence-corrected chi connectivity index (χ4v) is 3.45. The molecular weight excluding hydrogens is 346 g/mol. The first kappa shape index (κ1) is 16.7. The van der Waals surface area contributed by atoms with Gasteiger partial charge in [-0.2, -0.15) is 5.10 Å². The van der Waals surface area contributed by atoms with Crippen LogP contribution in [-0.4, -0.2) is 38.0 Å². The van der Waals surface area contributed by atoms with E-state index in [1.54, 1.807) is 18.4 Å². The molecule has 7 heteroatoms. The van der Waals surface area contributed by atoms with E-state index < -0.39 is 0 Å². The summed E-state index contributed by atoms with van der Waals surface area (Å²) in [5.74, 6) is 0. The first-order valence-corrected chi connectivity index (χ1v) is 9.23. The van der Waals surface area contributed by atoms with Crippen molar-refractivity contribution in [3.8, 4) is 21.8 Å². The Bertz CT molecular complexity index is 973. The van der Waals surface area contributed by atoms with Gasteiger partial charge in [-0.3, -0.25) is 4.68 Å². The lowest BCUT2D eigenvalue weighted by Gasteiger charge is -2.07. The molecule has 0 amide bonds. The standard InChI is InChI=1S/C19H19N5OS/c1-25-9-8-23-14-20-12-17(23)13-24-7-5-18(22-24)15-3-2-4-16(11-15)19-21-6-10-26-19/h2-7,10-12,14H,8-9,13H2,1H3. The van der Waals surface area contributed by atoms with Crippen LogP contribution in [0.3, 0.4) is 0 Å². The van der Waals surface area contributed by atoms with Crippen molar-refractivity contribution in [2.24, 2.45) is 0 Å². The molecule has 0 atom stereocenters. The molecule has 1 aromatic carbocycles. The van der Waals surface area contributed by atoms with E-state index in [1.807, 2.05) is 47.1 Å². The molecule has 3 aromatic heterocycles. The summed E-state index contributed by atoms with van der Waals surface area (Å²) in [5.41, 5.74) is 4.26. The number of hydrogen-bond donors (Lipinski definition) is 0. The number of rotatable bonds is 7. The summed E-state index contributed by atoms with van der Waals surface area (Å²) in [6.07, 6.45) is 7.53.